The summed E-state index contributed by atoms with van der Waals surface area (Å²) in [6.07, 6.45) is 2.68. The zero-order valence-electron chi connectivity index (χ0n) is 7.43. The van der Waals surface area contributed by atoms with E-state index in [4.69, 9.17) is 4.74 Å². The molecule has 0 amide bonds. The Morgan fingerprint density at radius 1 is 1.38 bits per heavy atom. The fraction of sp³-hybridized carbons (Fsp3) is 0.200. The molecule has 0 radical (unpaired) electrons. The summed E-state index contributed by atoms with van der Waals surface area (Å²) in [5.41, 5.74) is 1.18. The van der Waals surface area contributed by atoms with Crippen molar-refractivity contribution in [2.75, 3.05) is 7.11 Å². The standard InChI is InChI=1S/C10H11O2P/c1-12-10-6-4-9(5-7-10)3-2-8-13-11/h2,4-8H,3H2,1H3. The lowest BCUT2D eigenvalue weighted by atomic mass is 10.1. The molecule has 0 aliphatic carbocycles. The third-order valence-corrected chi connectivity index (χ3v) is 2.01. The molecule has 3 heteroatoms. The average molecular weight is 194 g/mol. The van der Waals surface area contributed by atoms with Gasteiger partial charge in [0.1, 0.15) is 5.75 Å². The van der Waals surface area contributed by atoms with Crippen molar-refractivity contribution in [2.24, 2.45) is 0 Å². The van der Waals surface area contributed by atoms with E-state index >= 15 is 0 Å². The lowest BCUT2D eigenvalue weighted by Gasteiger charge is -1.99. The molecule has 0 aliphatic rings. The predicted octanol–water partition coefficient (Wildman–Crippen LogP) is 3.04. The number of benzene rings is 1. The van der Waals surface area contributed by atoms with E-state index in [-0.39, 0.29) is 8.46 Å². The van der Waals surface area contributed by atoms with E-state index in [1.54, 1.807) is 12.9 Å². The molecule has 0 unspecified atom stereocenters. The molecule has 0 atom stereocenters. The van der Waals surface area contributed by atoms with Crippen LogP contribution in [-0.4, -0.2) is 7.11 Å². The third kappa shape index (κ3) is 3.39. The molecule has 68 valence electrons. The summed E-state index contributed by atoms with van der Waals surface area (Å²) in [6.45, 7) is 0. The van der Waals surface area contributed by atoms with Crippen molar-refractivity contribution in [3.8, 4) is 5.75 Å². The molecule has 0 saturated carbocycles. The molecular formula is C10H11O2P. The lowest BCUT2D eigenvalue weighted by molar-refractivity contribution is 0.414. The van der Waals surface area contributed by atoms with Crippen molar-refractivity contribution < 1.29 is 9.30 Å². The molecule has 0 bridgehead atoms. The first-order valence-corrected chi connectivity index (χ1v) is 4.85. The van der Waals surface area contributed by atoms with Gasteiger partial charge in [0, 0.05) is 5.82 Å². The van der Waals surface area contributed by atoms with E-state index in [2.05, 4.69) is 0 Å². The van der Waals surface area contributed by atoms with Gasteiger partial charge in [-0.2, -0.15) is 0 Å². The monoisotopic (exact) mass is 194 g/mol. The summed E-state index contributed by atoms with van der Waals surface area (Å²) in [5.74, 6) is 2.46. The maximum Gasteiger partial charge on any atom is 0.183 e. The van der Waals surface area contributed by atoms with Gasteiger partial charge in [-0.3, -0.25) is 4.57 Å². The Morgan fingerprint density at radius 3 is 2.62 bits per heavy atom. The van der Waals surface area contributed by atoms with Crippen LogP contribution in [0.5, 0.6) is 5.75 Å². The van der Waals surface area contributed by atoms with Crippen LogP contribution in [0.25, 0.3) is 0 Å². The van der Waals surface area contributed by atoms with Crippen LogP contribution in [0.3, 0.4) is 0 Å². The molecule has 0 saturated heterocycles. The smallest absolute Gasteiger partial charge is 0.183 e. The molecule has 1 aromatic carbocycles. The van der Waals surface area contributed by atoms with Crippen LogP contribution in [0, 0.1) is 0 Å². The van der Waals surface area contributed by atoms with Gasteiger partial charge in [-0.05, 0) is 24.1 Å². The minimum absolute atomic E-state index is 0.0626. The van der Waals surface area contributed by atoms with Gasteiger partial charge in [-0.25, -0.2) is 0 Å². The van der Waals surface area contributed by atoms with Gasteiger partial charge in [0.15, 0.2) is 8.46 Å². The Kier molecular flexibility index (Phi) is 4.20. The number of ether oxygens (including phenoxy) is 1. The second kappa shape index (κ2) is 5.50. The van der Waals surface area contributed by atoms with Gasteiger partial charge in [0.05, 0.1) is 7.11 Å². The molecule has 13 heavy (non-hydrogen) atoms. The van der Waals surface area contributed by atoms with Gasteiger partial charge in [-0.1, -0.05) is 18.2 Å². The molecule has 0 N–H and O–H groups in total. The van der Waals surface area contributed by atoms with Crippen LogP contribution in [0.2, 0.25) is 0 Å². The summed E-state index contributed by atoms with van der Waals surface area (Å²) < 4.78 is 15.1. The molecule has 0 heterocycles. The summed E-state index contributed by atoms with van der Waals surface area (Å²) in [7, 11) is 1.71. The molecule has 0 aliphatic heterocycles. The molecular weight excluding hydrogens is 183 g/mol. The highest BCUT2D eigenvalue weighted by Crippen LogP contribution is 2.12. The van der Waals surface area contributed by atoms with E-state index in [9.17, 15) is 4.57 Å². The van der Waals surface area contributed by atoms with Crippen molar-refractivity contribution in [3.05, 3.63) is 41.7 Å². The highest BCUT2D eigenvalue weighted by atomic mass is 31.1. The molecule has 0 aromatic heterocycles. The van der Waals surface area contributed by atoms with Crippen LogP contribution in [0.4, 0.5) is 0 Å². The normalized spacial score (nSPS) is 10.8. The fourth-order valence-corrected chi connectivity index (χ4v) is 1.18. The minimum atomic E-state index is 0.0626. The van der Waals surface area contributed by atoms with E-state index in [1.807, 2.05) is 30.3 Å². The Hall–Kier alpha value is -1.14. The first kappa shape index (κ1) is 9.94. The highest BCUT2D eigenvalue weighted by Gasteiger charge is 1.90. The van der Waals surface area contributed by atoms with Crippen molar-refractivity contribution >= 4 is 8.46 Å². The zero-order chi connectivity index (χ0) is 9.52. The van der Waals surface area contributed by atoms with Gasteiger partial charge in [-0.15, -0.1) is 0 Å². The van der Waals surface area contributed by atoms with E-state index < -0.39 is 0 Å². The topological polar surface area (TPSA) is 26.3 Å². The van der Waals surface area contributed by atoms with Gasteiger partial charge in [0.25, 0.3) is 0 Å². The Balaban J connectivity index is 2.58. The van der Waals surface area contributed by atoms with Crippen LogP contribution in [0.1, 0.15) is 5.56 Å². The van der Waals surface area contributed by atoms with Crippen molar-refractivity contribution in [1.82, 2.24) is 0 Å². The van der Waals surface area contributed by atoms with E-state index in [0.29, 0.717) is 0 Å². The minimum Gasteiger partial charge on any atom is -0.497 e. The first-order valence-electron chi connectivity index (χ1n) is 3.97. The second-order valence-corrected chi connectivity index (χ2v) is 3.05. The van der Waals surface area contributed by atoms with Crippen molar-refractivity contribution in [1.29, 1.82) is 0 Å². The van der Waals surface area contributed by atoms with Crippen LogP contribution >= 0.6 is 8.46 Å². The molecule has 1 rings (SSSR count). The number of rotatable bonds is 4. The second-order valence-electron chi connectivity index (χ2n) is 2.54. The lowest BCUT2D eigenvalue weighted by Crippen LogP contribution is -1.83. The van der Waals surface area contributed by atoms with Gasteiger partial charge >= 0.3 is 0 Å². The first-order chi connectivity index (χ1) is 6.36. The van der Waals surface area contributed by atoms with Crippen molar-refractivity contribution in [3.63, 3.8) is 0 Å². The Labute approximate surface area is 79.4 Å². The quantitative estimate of drug-likeness (QED) is 0.688. The zero-order valence-corrected chi connectivity index (χ0v) is 8.33. The molecule has 1 aromatic rings. The molecule has 0 spiro atoms. The largest absolute Gasteiger partial charge is 0.497 e. The fourth-order valence-electron chi connectivity index (χ4n) is 0.993. The molecule has 0 fully saturated rings. The highest BCUT2D eigenvalue weighted by molar-refractivity contribution is 7.27. The Morgan fingerprint density at radius 2 is 2.08 bits per heavy atom. The summed E-state index contributed by atoms with van der Waals surface area (Å²) in [6, 6.07) is 7.81. The van der Waals surface area contributed by atoms with Gasteiger partial charge in [0.2, 0.25) is 0 Å². The van der Waals surface area contributed by atoms with Crippen LogP contribution in [0.15, 0.2) is 36.2 Å². The number of allylic oxidation sites excluding steroid dienone is 1. The molecule has 2 nitrogen and oxygen atoms in total. The predicted molar refractivity (Wildman–Crippen MR) is 53.4 cm³/mol. The van der Waals surface area contributed by atoms with Gasteiger partial charge < -0.3 is 4.74 Å². The van der Waals surface area contributed by atoms with Crippen molar-refractivity contribution in [2.45, 2.75) is 6.42 Å². The third-order valence-electron chi connectivity index (χ3n) is 1.68. The van der Waals surface area contributed by atoms with E-state index in [1.165, 1.54) is 5.56 Å². The number of hydrogen-bond acceptors (Lipinski definition) is 2. The summed E-state index contributed by atoms with van der Waals surface area (Å²) >= 11 is 0. The van der Waals surface area contributed by atoms with Crippen LogP contribution < -0.4 is 4.74 Å². The SMILES string of the molecule is COc1ccc(CC=CP=O)cc1. The number of methoxy groups -OCH3 is 1. The summed E-state index contributed by atoms with van der Waals surface area (Å²) in [5, 5.41) is 0. The maximum absolute atomic E-state index is 10.1. The van der Waals surface area contributed by atoms with E-state index in [0.717, 1.165) is 12.2 Å². The van der Waals surface area contributed by atoms with Crippen LogP contribution in [-0.2, 0) is 11.0 Å². The number of hydrogen-bond donors (Lipinski definition) is 0. The summed E-state index contributed by atoms with van der Waals surface area (Å²) in [4.78, 5) is 0. The Bertz CT molecular complexity index is 290. The average Bonchev–Trinajstić information content (AvgIpc) is 2.19. The maximum atomic E-state index is 10.1.